The molecule has 0 saturated heterocycles. The van der Waals surface area contributed by atoms with Gasteiger partial charge in [0.25, 0.3) is 5.91 Å². The van der Waals surface area contributed by atoms with Crippen molar-refractivity contribution in [2.45, 2.75) is 37.8 Å². The standard InChI is InChI=1S/C24H25N3O4/c1-15(26-23(28)22-25-13-14-27(22)2)21(18-7-5-17(6-8-18)16-3-4-16)31-20-11-9-19(10-12-20)24(29)30/h5-16,21H,3-4H2,1-2H3,(H,26,28)(H,29,30)/t15-,21-/m0/s1. The average molecular weight is 419 g/mol. The lowest BCUT2D eigenvalue weighted by molar-refractivity contribution is 0.0696. The van der Waals surface area contributed by atoms with Gasteiger partial charge in [-0.2, -0.15) is 0 Å². The molecule has 7 heteroatoms. The Kier molecular flexibility index (Phi) is 5.75. The summed E-state index contributed by atoms with van der Waals surface area (Å²) in [6.45, 7) is 1.88. The van der Waals surface area contributed by atoms with Crippen LogP contribution in [0.5, 0.6) is 5.75 Å². The predicted octanol–water partition coefficient (Wildman–Crippen LogP) is 3.93. The molecule has 2 aromatic carbocycles. The van der Waals surface area contributed by atoms with E-state index in [2.05, 4.69) is 22.4 Å². The van der Waals surface area contributed by atoms with E-state index in [-0.39, 0.29) is 17.5 Å². The zero-order chi connectivity index (χ0) is 22.0. The zero-order valence-corrected chi connectivity index (χ0v) is 17.5. The van der Waals surface area contributed by atoms with Crippen molar-refractivity contribution in [1.29, 1.82) is 0 Å². The van der Waals surface area contributed by atoms with Crippen LogP contribution in [0.25, 0.3) is 0 Å². The molecule has 2 N–H and O–H groups in total. The minimum atomic E-state index is -0.991. The summed E-state index contributed by atoms with van der Waals surface area (Å²) >= 11 is 0. The number of rotatable bonds is 8. The van der Waals surface area contributed by atoms with Gasteiger partial charge in [-0.05, 0) is 61.1 Å². The van der Waals surface area contributed by atoms with Gasteiger partial charge in [0.1, 0.15) is 11.9 Å². The average Bonchev–Trinajstić information content (AvgIpc) is 3.52. The lowest BCUT2D eigenvalue weighted by Crippen LogP contribution is -2.40. The van der Waals surface area contributed by atoms with Crippen LogP contribution in [-0.4, -0.2) is 32.6 Å². The monoisotopic (exact) mass is 419 g/mol. The van der Waals surface area contributed by atoms with E-state index in [1.54, 1.807) is 36.1 Å². The second kappa shape index (κ2) is 8.63. The molecule has 1 amide bonds. The van der Waals surface area contributed by atoms with Crippen molar-refractivity contribution in [3.05, 3.63) is 83.4 Å². The number of ether oxygens (including phenoxy) is 1. The number of imidazole rings is 1. The number of nitrogens with one attached hydrogen (secondary N) is 1. The van der Waals surface area contributed by atoms with Crippen molar-refractivity contribution >= 4 is 11.9 Å². The summed E-state index contributed by atoms with van der Waals surface area (Å²) in [6, 6.07) is 14.2. The van der Waals surface area contributed by atoms with E-state index in [0.29, 0.717) is 17.5 Å². The first kappa shape index (κ1) is 20.7. The fourth-order valence-electron chi connectivity index (χ4n) is 3.59. The first-order chi connectivity index (χ1) is 14.9. The number of hydrogen-bond acceptors (Lipinski definition) is 4. The Morgan fingerprint density at radius 1 is 1.13 bits per heavy atom. The summed E-state index contributed by atoms with van der Waals surface area (Å²) in [4.78, 5) is 27.9. The van der Waals surface area contributed by atoms with Gasteiger partial charge in [0, 0.05) is 19.4 Å². The molecule has 0 radical (unpaired) electrons. The second-order valence-electron chi connectivity index (χ2n) is 7.93. The summed E-state index contributed by atoms with van der Waals surface area (Å²) in [7, 11) is 1.77. The van der Waals surface area contributed by atoms with E-state index in [1.165, 1.54) is 30.5 Å². The smallest absolute Gasteiger partial charge is 0.335 e. The van der Waals surface area contributed by atoms with Crippen LogP contribution in [0.15, 0.2) is 60.9 Å². The normalized spacial score (nSPS) is 15.2. The first-order valence-corrected chi connectivity index (χ1v) is 10.3. The molecule has 4 rings (SSSR count). The third-order valence-corrected chi connectivity index (χ3v) is 5.52. The van der Waals surface area contributed by atoms with Crippen LogP contribution in [0.3, 0.4) is 0 Å². The number of hydrogen-bond donors (Lipinski definition) is 2. The molecule has 1 fully saturated rings. The van der Waals surface area contributed by atoms with Crippen molar-refractivity contribution in [2.24, 2.45) is 7.05 Å². The van der Waals surface area contributed by atoms with Crippen molar-refractivity contribution in [2.75, 3.05) is 0 Å². The molecule has 0 spiro atoms. The van der Waals surface area contributed by atoms with Crippen LogP contribution in [0.2, 0.25) is 0 Å². The number of aromatic carboxylic acids is 1. The van der Waals surface area contributed by atoms with Crippen LogP contribution in [-0.2, 0) is 7.05 Å². The van der Waals surface area contributed by atoms with E-state index in [1.807, 2.05) is 19.1 Å². The highest BCUT2D eigenvalue weighted by molar-refractivity contribution is 5.91. The van der Waals surface area contributed by atoms with Crippen LogP contribution >= 0.6 is 0 Å². The minimum Gasteiger partial charge on any atom is -0.484 e. The number of carboxylic acid groups (broad SMARTS) is 1. The quantitative estimate of drug-likeness (QED) is 0.577. The van der Waals surface area contributed by atoms with E-state index < -0.39 is 12.1 Å². The predicted molar refractivity (Wildman–Crippen MR) is 115 cm³/mol. The maximum Gasteiger partial charge on any atom is 0.335 e. The van der Waals surface area contributed by atoms with Gasteiger partial charge in [-0.3, -0.25) is 4.79 Å². The van der Waals surface area contributed by atoms with Crippen molar-refractivity contribution in [3.8, 4) is 5.75 Å². The largest absolute Gasteiger partial charge is 0.484 e. The molecular weight excluding hydrogens is 394 g/mol. The number of aromatic nitrogens is 2. The SMILES string of the molecule is C[C@H](NC(=O)c1nccn1C)[C@H](Oc1ccc(C(=O)O)cc1)c1ccc(C2CC2)cc1. The highest BCUT2D eigenvalue weighted by Gasteiger charge is 2.27. The van der Waals surface area contributed by atoms with Gasteiger partial charge in [-0.25, -0.2) is 9.78 Å². The molecule has 0 bridgehead atoms. The maximum atomic E-state index is 12.7. The Hall–Kier alpha value is -3.61. The molecule has 160 valence electrons. The third kappa shape index (κ3) is 4.77. The fourth-order valence-corrected chi connectivity index (χ4v) is 3.59. The number of carbonyl (C=O) groups is 2. The van der Waals surface area contributed by atoms with Gasteiger partial charge in [-0.15, -0.1) is 0 Å². The van der Waals surface area contributed by atoms with Gasteiger partial charge in [0.15, 0.2) is 5.82 Å². The van der Waals surface area contributed by atoms with Crippen molar-refractivity contribution in [3.63, 3.8) is 0 Å². The van der Waals surface area contributed by atoms with Gasteiger partial charge in [0.05, 0.1) is 11.6 Å². The molecular formula is C24H25N3O4. The topological polar surface area (TPSA) is 93.5 Å². The summed E-state index contributed by atoms with van der Waals surface area (Å²) < 4.78 is 7.89. The molecule has 1 aliphatic carbocycles. The summed E-state index contributed by atoms with van der Waals surface area (Å²) in [5.41, 5.74) is 2.44. The van der Waals surface area contributed by atoms with E-state index >= 15 is 0 Å². The molecule has 0 unspecified atom stereocenters. The highest BCUT2D eigenvalue weighted by atomic mass is 16.5. The molecule has 2 atom stereocenters. The Labute approximate surface area is 180 Å². The molecule has 1 aliphatic rings. The Morgan fingerprint density at radius 3 is 2.35 bits per heavy atom. The minimum absolute atomic E-state index is 0.189. The summed E-state index contributed by atoms with van der Waals surface area (Å²) in [6.07, 6.45) is 5.28. The van der Waals surface area contributed by atoms with Crippen molar-refractivity contribution in [1.82, 2.24) is 14.9 Å². The lowest BCUT2D eigenvalue weighted by Gasteiger charge is -2.26. The van der Waals surface area contributed by atoms with Crippen molar-refractivity contribution < 1.29 is 19.4 Å². The number of benzene rings is 2. The Bertz CT molecular complexity index is 1070. The maximum absolute atomic E-state index is 12.7. The lowest BCUT2D eigenvalue weighted by atomic mass is 10.00. The molecule has 0 aliphatic heterocycles. The number of amides is 1. The number of carboxylic acids is 1. The van der Waals surface area contributed by atoms with Gasteiger partial charge in [-0.1, -0.05) is 24.3 Å². The Balaban J connectivity index is 1.57. The molecule has 3 aromatic rings. The Morgan fingerprint density at radius 2 is 1.81 bits per heavy atom. The highest BCUT2D eigenvalue weighted by Crippen LogP contribution is 2.40. The van der Waals surface area contributed by atoms with E-state index in [9.17, 15) is 9.59 Å². The summed E-state index contributed by atoms with van der Waals surface area (Å²) in [5, 5.41) is 12.1. The van der Waals surface area contributed by atoms with Crippen LogP contribution in [0.4, 0.5) is 0 Å². The van der Waals surface area contributed by atoms with Gasteiger partial charge >= 0.3 is 5.97 Å². The zero-order valence-electron chi connectivity index (χ0n) is 17.5. The second-order valence-corrected chi connectivity index (χ2v) is 7.93. The molecule has 7 nitrogen and oxygen atoms in total. The number of aryl methyl sites for hydroxylation is 1. The van der Waals surface area contributed by atoms with Crippen LogP contribution in [0.1, 0.15) is 63.9 Å². The summed E-state index contributed by atoms with van der Waals surface area (Å²) in [5.74, 6) is 0.219. The fraction of sp³-hybridized carbons (Fsp3) is 0.292. The molecule has 1 aromatic heterocycles. The van der Waals surface area contributed by atoms with E-state index in [4.69, 9.17) is 9.84 Å². The van der Waals surface area contributed by atoms with Crippen LogP contribution < -0.4 is 10.1 Å². The van der Waals surface area contributed by atoms with Gasteiger partial charge < -0.3 is 19.7 Å². The van der Waals surface area contributed by atoms with E-state index in [0.717, 1.165) is 5.56 Å². The first-order valence-electron chi connectivity index (χ1n) is 10.3. The number of nitrogens with zero attached hydrogens (tertiary/aromatic N) is 2. The third-order valence-electron chi connectivity index (χ3n) is 5.52. The van der Waals surface area contributed by atoms with Crippen LogP contribution in [0, 0.1) is 0 Å². The molecule has 1 saturated carbocycles. The molecule has 1 heterocycles. The number of carbonyl (C=O) groups excluding carboxylic acids is 1. The molecule has 31 heavy (non-hydrogen) atoms. The van der Waals surface area contributed by atoms with Gasteiger partial charge in [0.2, 0.25) is 0 Å².